The van der Waals surface area contributed by atoms with Gasteiger partial charge in [-0.15, -0.1) is 0 Å². The lowest BCUT2D eigenvalue weighted by molar-refractivity contribution is -0.683. The van der Waals surface area contributed by atoms with Crippen LogP contribution in [-0.4, -0.2) is 63.3 Å². The third kappa shape index (κ3) is 9.63. The molecule has 19 heteroatoms. The van der Waals surface area contributed by atoms with Gasteiger partial charge in [0.05, 0.1) is 44.8 Å². The van der Waals surface area contributed by atoms with Crippen LogP contribution in [0.4, 0.5) is 43.8 Å². The molecule has 0 aromatic carbocycles. The fourth-order valence-electron chi connectivity index (χ4n) is 2.86. The summed E-state index contributed by atoms with van der Waals surface area (Å²) in [6.07, 6.45) is -5.48. The number of carbonyl (C=O) groups excluding carboxylic acids is 2. The first-order valence-electron chi connectivity index (χ1n) is 10.5. The number of aryl methyl sites for hydroxylation is 2. The van der Waals surface area contributed by atoms with Crippen molar-refractivity contribution < 1.29 is 62.6 Å². The molecule has 0 spiro atoms. The molecule has 0 saturated heterocycles. The molecule has 5 N–H and O–H groups in total. The number of aromatic nitrogens is 4. The average Bonchev–Trinajstić information content (AvgIpc) is 3.34. The first-order chi connectivity index (χ1) is 16.8. The molecule has 0 radical (unpaired) electrons. The van der Waals surface area contributed by atoms with Crippen molar-refractivity contribution >= 4 is 29.3 Å². The number of rotatable bonds is 12. The van der Waals surface area contributed by atoms with Crippen LogP contribution in [0, 0.1) is 0 Å². The minimum absolute atomic E-state index is 0. The summed E-state index contributed by atoms with van der Waals surface area (Å²) in [4.78, 5) is 21.9. The molecule has 0 unspecified atom stereocenters. The Morgan fingerprint density at radius 3 is 2.19 bits per heavy atom. The second-order valence-corrected chi connectivity index (χ2v) is 7.26. The van der Waals surface area contributed by atoms with E-state index in [1.165, 1.54) is 32.4 Å². The Morgan fingerprint density at radius 2 is 1.62 bits per heavy atom. The highest BCUT2D eigenvalue weighted by Crippen LogP contribution is 2.23. The van der Waals surface area contributed by atoms with E-state index in [4.69, 9.17) is 10.8 Å². The Balaban J connectivity index is 0.00000684. The van der Waals surface area contributed by atoms with Gasteiger partial charge >= 0.3 is 30.1 Å². The molecule has 2 amide bonds. The van der Waals surface area contributed by atoms with Crippen molar-refractivity contribution in [2.45, 2.75) is 44.8 Å². The van der Waals surface area contributed by atoms with Crippen LogP contribution in [0.3, 0.4) is 0 Å². The van der Waals surface area contributed by atoms with Crippen molar-refractivity contribution in [2.24, 2.45) is 10.2 Å². The predicted octanol–water partition coefficient (Wildman–Crippen LogP) is -1.90. The zero-order valence-electron chi connectivity index (χ0n) is 19.1. The molecule has 2 aromatic heterocycles. The van der Waals surface area contributed by atoms with Crippen LogP contribution in [0.5, 0.6) is 0 Å². The van der Waals surface area contributed by atoms with Crippen LogP contribution in [0.25, 0.3) is 0 Å². The Labute approximate surface area is 216 Å². The molecule has 0 aliphatic carbocycles. The molecule has 0 bridgehead atoms. The number of halogens is 7. The van der Waals surface area contributed by atoms with Gasteiger partial charge in [-0.2, -0.15) is 31.4 Å². The molecule has 0 fully saturated rings. The Kier molecular flexibility index (Phi) is 12.0. The number of nitrogens with two attached hydrogens (primary N) is 1. The van der Waals surface area contributed by atoms with Crippen molar-refractivity contribution in [3.05, 3.63) is 18.6 Å². The van der Waals surface area contributed by atoms with Gasteiger partial charge in [-0.25, -0.2) is 13.8 Å². The normalized spacial score (nSPS) is 12.0. The number of aliphatic hydroxyl groups excluding tert-OH is 1. The van der Waals surface area contributed by atoms with Gasteiger partial charge in [0.15, 0.2) is 11.5 Å². The molecular formula is C18H24BrF6N9O3. The molecule has 2 aromatic rings. The van der Waals surface area contributed by atoms with Crippen molar-refractivity contribution in [3.8, 4) is 0 Å². The smallest absolute Gasteiger partial charge is 0.471 e. The molecule has 208 valence electrons. The summed E-state index contributed by atoms with van der Waals surface area (Å²) in [5, 5.41) is 24.6. The second-order valence-electron chi connectivity index (χ2n) is 7.26. The Hall–Kier alpha value is -3.22. The molecule has 37 heavy (non-hydrogen) atoms. The van der Waals surface area contributed by atoms with Crippen LogP contribution < -0.4 is 37.9 Å². The zero-order chi connectivity index (χ0) is 26.9. The summed E-state index contributed by atoms with van der Waals surface area (Å²) in [7, 11) is 0. The monoisotopic (exact) mass is 607 g/mol. The topological polar surface area (TPSA) is 156 Å². The first kappa shape index (κ1) is 31.8. The highest BCUT2D eigenvalue weighted by atomic mass is 79.9. The van der Waals surface area contributed by atoms with Crippen molar-refractivity contribution in [1.29, 1.82) is 0 Å². The lowest BCUT2D eigenvalue weighted by atomic mass is 10.4. The number of carbonyl (C=O) groups is 2. The summed E-state index contributed by atoms with van der Waals surface area (Å²) in [6.45, 7) is -0.436. The average molecular weight is 608 g/mol. The van der Waals surface area contributed by atoms with E-state index in [0.717, 1.165) is 0 Å². The largest absolute Gasteiger partial charge is 1.00 e. The second kappa shape index (κ2) is 13.9. The van der Waals surface area contributed by atoms with Crippen LogP contribution in [0.15, 0.2) is 28.8 Å². The number of hydrogen-bond acceptors (Lipinski definition) is 7. The molecule has 2 rings (SSSR count). The number of alkyl halides is 6. The minimum Gasteiger partial charge on any atom is -1.00 e. The van der Waals surface area contributed by atoms with E-state index in [1.807, 2.05) is 0 Å². The van der Waals surface area contributed by atoms with E-state index in [0.29, 0.717) is 0 Å². The van der Waals surface area contributed by atoms with Gasteiger partial charge in [-0.3, -0.25) is 9.59 Å². The standard InChI is InChI=1S/C18H23F6N9O3.BrH/c19-17(20,21)14(35)26-3-1-5-31-7-8-32(6-2-4-27-15(36)18(22,23)24)16(31)30-29-12-11-28-33(9-10-34)13(12)25;/h7-8,11,25,34H,1-6,9-10H2,(H2,26,27,35,36);1H. The minimum atomic E-state index is -5.00. The van der Waals surface area contributed by atoms with E-state index in [9.17, 15) is 35.9 Å². The number of azo groups is 1. The lowest BCUT2D eigenvalue weighted by Gasteiger charge is -2.07. The third-order valence-electron chi connectivity index (χ3n) is 4.60. The van der Waals surface area contributed by atoms with Crippen molar-refractivity contribution in [2.75, 3.05) is 25.4 Å². The number of imidazole rings is 1. The summed E-state index contributed by atoms with van der Waals surface area (Å²) >= 11 is 0. The molecule has 0 aliphatic rings. The maximum absolute atomic E-state index is 12.3. The van der Waals surface area contributed by atoms with Crippen LogP contribution in [0.1, 0.15) is 12.8 Å². The van der Waals surface area contributed by atoms with Crippen LogP contribution >= 0.6 is 0 Å². The Bertz CT molecular complexity index is 1020. The quantitative estimate of drug-likeness (QED) is 0.0960. The highest BCUT2D eigenvalue weighted by Gasteiger charge is 2.38. The summed E-state index contributed by atoms with van der Waals surface area (Å²) in [5.74, 6) is -3.85. The third-order valence-corrected chi connectivity index (χ3v) is 4.60. The van der Waals surface area contributed by atoms with Gasteiger partial charge in [-0.1, -0.05) is 5.11 Å². The van der Waals surface area contributed by atoms with Crippen molar-refractivity contribution in [3.63, 3.8) is 0 Å². The summed E-state index contributed by atoms with van der Waals surface area (Å²) < 4.78 is 78.1. The zero-order valence-corrected chi connectivity index (χ0v) is 20.6. The van der Waals surface area contributed by atoms with Crippen LogP contribution in [0.2, 0.25) is 0 Å². The van der Waals surface area contributed by atoms with Crippen LogP contribution in [-0.2, 0) is 29.2 Å². The Morgan fingerprint density at radius 1 is 1.03 bits per heavy atom. The highest BCUT2D eigenvalue weighted by molar-refractivity contribution is 5.81. The van der Waals surface area contributed by atoms with Gasteiger partial charge in [0.1, 0.15) is 0 Å². The number of aliphatic hydroxyl groups is 1. The van der Waals surface area contributed by atoms with Crippen molar-refractivity contribution in [1.82, 2.24) is 25.0 Å². The maximum atomic E-state index is 12.3. The summed E-state index contributed by atoms with van der Waals surface area (Å²) in [6, 6.07) is 0. The van der Waals surface area contributed by atoms with Gasteiger partial charge in [0, 0.05) is 18.2 Å². The molecule has 0 aliphatic heterocycles. The van der Waals surface area contributed by atoms with E-state index < -0.39 is 24.2 Å². The van der Waals surface area contributed by atoms with E-state index in [1.54, 1.807) is 10.6 Å². The van der Waals surface area contributed by atoms with E-state index in [2.05, 4.69) is 15.3 Å². The van der Waals surface area contributed by atoms with Gasteiger partial charge in [0.25, 0.3) is 0 Å². The predicted molar refractivity (Wildman–Crippen MR) is 110 cm³/mol. The SMILES string of the molecule is Nc1c(/N=N/c2n(CCCNC(=O)C(F)(F)F)cc[n+]2CCCNC(=O)C(F)(F)F)cnn1CCO.[Br-]. The van der Waals surface area contributed by atoms with Gasteiger partial charge in [-0.05, 0) is 12.8 Å². The molecular weight excluding hydrogens is 584 g/mol. The van der Waals surface area contributed by atoms with E-state index >= 15 is 0 Å². The van der Waals surface area contributed by atoms with Gasteiger partial charge < -0.3 is 38.5 Å². The number of nitrogens with one attached hydrogen (secondary N) is 2. The number of nitrogens with zero attached hydrogens (tertiary/aromatic N) is 6. The number of anilines is 1. The fraction of sp³-hybridized carbons (Fsp3) is 0.556. The maximum Gasteiger partial charge on any atom is 0.471 e. The number of amides is 2. The lowest BCUT2D eigenvalue weighted by Crippen LogP contribution is -3.00. The fourth-order valence-corrected chi connectivity index (χ4v) is 2.86. The molecule has 0 atom stereocenters. The summed E-state index contributed by atoms with van der Waals surface area (Å²) in [5.41, 5.74) is 6.05. The molecule has 2 heterocycles. The molecule has 0 saturated carbocycles. The number of hydrogen-bond donors (Lipinski definition) is 4. The van der Waals surface area contributed by atoms with E-state index in [-0.39, 0.29) is 86.6 Å². The van der Waals surface area contributed by atoms with Gasteiger partial charge in [0.2, 0.25) is 0 Å². The molecule has 12 nitrogen and oxygen atoms in total. The number of nitrogen functional groups attached to an aromatic ring is 1. The first-order valence-corrected chi connectivity index (χ1v) is 10.5.